The molecule has 80 valence electrons. The van der Waals surface area contributed by atoms with E-state index in [2.05, 4.69) is 6.58 Å². The number of halogens is 2. The Bertz CT molecular complexity index is 338. The van der Waals surface area contributed by atoms with E-state index >= 15 is 0 Å². The predicted molar refractivity (Wildman–Crippen MR) is 64.5 cm³/mol. The molecule has 1 aromatic carbocycles. The molecule has 0 atom stereocenters. The molecule has 2 nitrogen and oxygen atoms in total. The van der Waals surface area contributed by atoms with Gasteiger partial charge in [0, 0.05) is 12.2 Å². The molecule has 1 amide bonds. The molecule has 0 heterocycles. The Kier molecular flexibility index (Phi) is 4.66. The van der Waals surface area contributed by atoms with Crippen LogP contribution < -0.4 is 4.90 Å². The topological polar surface area (TPSA) is 20.3 Å². The van der Waals surface area contributed by atoms with Crippen LogP contribution in [0, 0.1) is 0 Å². The van der Waals surface area contributed by atoms with Gasteiger partial charge in [-0.25, -0.2) is 0 Å². The zero-order chi connectivity index (χ0) is 11.3. The first-order valence-electron chi connectivity index (χ1n) is 4.42. The molecular weight excluding hydrogens is 233 g/mol. The van der Waals surface area contributed by atoms with Gasteiger partial charge in [0.05, 0.1) is 0 Å². The summed E-state index contributed by atoms with van der Waals surface area (Å²) in [6, 6.07) is 9.19. The van der Waals surface area contributed by atoms with Crippen molar-refractivity contribution >= 4 is 34.8 Å². The summed E-state index contributed by atoms with van der Waals surface area (Å²) in [5, 5.41) is 0. The van der Waals surface area contributed by atoms with Crippen molar-refractivity contribution in [1.82, 2.24) is 0 Å². The highest BCUT2D eigenvalue weighted by atomic mass is 35.5. The second-order valence-corrected chi connectivity index (χ2v) is 3.97. The Balaban J connectivity index is 2.93. The molecule has 0 aliphatic heterocycles. The number of carbonyl (C=O) groups excluding carboxylic acids is 1. The van der Waals surface area contributed by atoms with Crippen molar-refractivity contribution in [2.75, 3.05) is 11.4 Å². The number of nitrogens with zero attached hydrogens (tertiary/aromatic N) is 1. The van der Waals surface area contributed by atoms with Crippen molar-refractivity contribution < 1.29 is 4.79 Å². The van der Waals surface area contributed by atoms with Crippen LogP contribution in [0.25, 0.3) is 0 Å². The number of rotatable bonds is 4. The molecule has 0 radical (unpaired) electrons. The zero-order valence-electron chi connectivity index (χ0n) is 8.07. The van der Waals surface area contributed by atoms with E-state index < -0.39 is 4.84 Å². The third kappa shape index (κ3) is 3.26. The maximum Gasteiger partial charge on any atom is 0.260 e. The van der Waals surface area contributed by atoms with Gasteiger partial charge < -0.3 is 4.90 Å². The van der Waals surface area contributed by atoms with Gasteiger partial charge in [-0.15, -0.1) is 6.58 Å². The van der Waals surface area contributed by atoms with Crippen LogP contribution in [0.15, 0.2) is 43.0 Å². The highest BCUT2D eigenvalue weighted by molar-refractivity contribution is 6.54. The second kappa shape index (κ2) is 5.79. The summed E-state index contributed by atoms with van der Waals surface area (Å²) in [6.45, 7) is 3.98. The first-order chi connectivity index (χ1) is 7.16. The smallest absolute Gasteiger partial charge is 0.260 e. The summed E-state index contributed by atoms with van der Waals surface area (Å²) >= 11 is 11.1. The lowest BCUT2D eigenvalue weighted by atomic mass is 10.3. The fraction of sp³-hybridized carbons (Fsp3) is 0.182. The van der Waals surface area contributed by atoms with Crippen molar-refractivity contribution in [3.05, 3.63) is 43.0 Å². The highest BCUT2D eigenvalue weighted by Gasteiger charge is 2.20. The molecule has 15 heavy (non-hydrogen) atoms. The first kappa shape index (κ1) is 12.1. The molecule has 0 aliphatic rings. The Morgan fingerprint density at radius 3 is 2.47 bits per heavy atom. The number of benzene rings is 1. The largest absolute Gasteiger partial charge is 0.306 e. The molecule has 1 rings (SSSR count). The van der Waals surface area contributed by atoms with Gasteiger partial charge in [0.2, 0.25) is 0 Å². The summed E-state index contributed by atoms with van der Waals surface area (Å²) in [6.07, 6.45) is 1.63. The molecule has 0 aliphatic carbocycles. The number of anilines is 1. The fourth-order valence-electron chi connectivity index (χ4n) is 1.18. The Morgan fingerprint density at radius 2 is 2.00 bits per heavy atom. The maximum absolute atomic E-state index is 11.6. The van der Waals surface area contributed by atoms with Crippen molar-refractivity contribution in [1.29, 1.82) is 0 Å². The van der Waals surface area contributed by atoms with Gasteiger partial charge >= 0.3 is 0 Å². The molecular formula is C11H11Cl2NO. The number of hydrogen-bond donors (Lipinski definition) is 0. The van der Waals surface area contributed by atoms with Crippen LogP contribution in [0.5, 0.6) is 0 Å². The lowest BCUT2D eigenvalue weighted by Gasteiger charge is -2.21. The van der Waals surface area contributed by atoms with Gasteiger partial charge in [-0.2, -0.15) is 0 Å². The van der Waals surface area contributed by atoms with Gasteiger partial charge in [0.25, 0.3) is 5.91 Å². The first-order valence-corrected chi connectivity index (χ1v) is 5.29. The lowest BCUT2D eigenvalue weighted by molar-refractivity contribution is -0.116. The SMILES string of the molecule is C=CCN(C(=O)C(Cl)Cl)c1ccccc1. The van der Waals surface area contributed by atoms with Crippen molar-refractivity contribution in [3.8, 4) is 0 Å². The fourth-order valence-corrected chi connectivity index (χ4v) is 1.41. The molecule has 0 bridgehead atoms. The van der Waals surface area contributed by atoms with Gasteiger partial charge in [-0.1, -0.05) is 47.5 Å². The maximum atomic E-state index is 11.6. The van der Waals surface area contributed by atoms with Crippen molar-refractivity contribution in [3.63, 3.8) is 0 Å². The Morgan fingerprint density at radius 1 is 1.40 bits per heavy atom. The number of para-hydroxylation sites is 1. The van der Waals surface area contributed by atoms with Gasteiger partial charge in [-0.05, 0) is 12.1 Å². The summed E-state index contributed by atoms with van der Waals surface area (Å²) < 4.78 is 0. The molecule has 0 saturated heterocycles. The van der Waals surface area contributed by atoms with E-state index in [0.717, 1.165) is 5.69 Å². The third-order valence-electron chi connectivity index (χ3n) is 1.83. The highest BCUT2D eigenvalue weighted by Crippen LogP contribution is 2.17. The van der Waals surface area contributed by atoms with Gasteiger partial charge in [0.1, 0.15) is 0 Å². The molecule has 0 saturated carbocycles. The number of hydrogen-bond acceptors (Lipinski definition) is 1. The molecule has 0 fully saturated rings. The van der Waals surface area contributed by atoms with Crippen LogP contribution in [-0.4, -0.2) is 17.3 Å². The van der Waals surface area contributed by atoms with Crippen LogP contribution in [0.3, 0.4) is 0 Å². The van der Waals surface area contributed by atoms with Crippen LogP contribution in [-0.2, 0) is 4.79 Å². The summed E-state index contributed by atoms with van der Waals surface area (Å²) in [4.78, 5) is 12.1. The molecule has 4 heteroatoms. The standard InChI is InChI=1S/C11H11Cl2NO/c1-2-8-14(11(15)10(12)13)9-6-4-3-5-7-9/h2-7,10H,1,8H2. The van der Waals surface area contributed by atoms with Crippen LogP contribution in [0.1, 0.15) is 0 Å². The molecule has 0 N–H and O–H groups in total. The predicted octanol–water partition coefficient (Wildman–Crippen LogP) is 3.01. The summed E-state index contributed by atoms with van der Waals surface area (Å²) in [5.74, 6) is -0.343. The Hall–Kier alpha value is -0.990. The third-order valence-corrected chi connectivity index (χ3v) is 2.21. The minimum atomic E-state index is -1.05. The van der Waals surface area contributed by atoms with E-state index in [9.17, 15) is 4.79 Å². The van der Waals surface area contributed by atoms with Crippen LogP contribution in [0.4, 0.5) is 5.69 Å². The normalized spacial score (nSPS) is 10.1. The van der Waals surface area contributed by atoms with E-state index in [1.165, 1.54) is 4.90 Å². The van der Waals surface area contributed by atoms with E-state index in [-0.39, 0.29) is 5.91 Å². The second-order valence-electron chi connectivity index (χ2n) is 2.87. The van der Waals surface area contributed by atoms with Crippen molar-refractivity contribution in [2.45, 2.75) is 4.84 Å². The van der Waals surface area contributed by atoms with Crippen LogP contribution >= 0.6 is 23.2 Å². The van der Waals surface area contributed by atoms with Crippen LogP contribution in [0.2, 0.25) is 0 Å². The number of amides is 1. The number of alkyl halides is 2. The molecule has 0 aromatic heterocycles. The molecule has 0 unspecified atom stereocenters. The lowest BCUT2D eigenvalue weighted by Crippen LogP contribution is -2.34. The average Bonchev–Trinajstić information content (AvgIpc) is 2.26. The van der Waals surface area contributed by atoms with Gasteiger partial charge in [0.15, 0.2) is 4.84 Å². The zero-order valence-corrected chi connectivity index (χ0v) is 9.58. The number of carbonyl (C=O) groups is 1. The van der Waals surface area contributed by atoms with E-state index in [1.807, 2.05) is 30.3 Å². The minimum absolute atomic E-state index is 0.343. The minimum Gasteiger partial charge on any atom is -0.306 e. The van der Waals surface area contributed by atoms with Crippen molar-refractivity contribution in [2.24, 2.45) is 0 Å². The quantitative estimate of drug-likeness (QED) is 0.588. The summed E-state index contributed by atoms with van der Waals surface area (Å²) in [7, 11) is 0. The Labute approximate surface area is 99.1 Å². The van der Waals surface area contributed by atoms with E-state index in [0.29, 0.717) is 6.54 Å². The van der Waals surface area contributed by atoms with Gasteiger partial charge in [-0.3, -0.25) is 4.79 Å². The molecule has 0 spiro atoms. The monoisotopic (exact) mass is 243 g/mol. The summed E-state index contributed by atoms with van der Waals surface area (Å²) in [5.41, 5.74) is 0.758. The van der Waals surface area contributed by atoms with E-state index in [1.54, 1.807) is 6.08 Å². The van der Waals surface area contributed by atoms with E-state index in [4.69, 9.17) is 23.2 Å². The average molecular weight is 244 g/mol. The molecule has 1 aromatic rings.